The van der Waals surface area contributed by atoms with Crippen molar-refractivity contribution in [1.82, 2.24) is 4.90 Å². The lowest BCUT2D eigenvalue weighted by Gasteiger charge is -2.28. The third kappa shape index (κ3) is 7.39. The van der Waals surface area contributed by atoms with E-state index in [1.807, 2.05) is 24.3 Å². The molecule has 2 aromatic rings. The van der Waals surface area contributed by atoms with E-state index in [-0.39, 0.29) is 5.91 Å². The fraction of sp³-hybridized carbons (Fsp3) is 0.364. The van der Waals surface area contributed by atoms with E-state index in [9.17, 15) is 4.79 Å². The van der Waals surface area contributed by atoms with Crippen LogP contribution in [-0.4, -0.2) is 29.1 Å². The predicted molar refractivity (Wildman–Crippen MR) is 128 cm³/mol. The van der Waals surface area contributed by atoms with E-state index in [1.165, 1.54) is 0 Å². The molecule has 2 rings (SSSR count). The zero-order chi connectivity index (χ0) is 20.7. The van der Waals surface area contributed by atoms with E-state index in [4.69, 9.17) is 17.0 Å². The zero-order valence-corrected chi connectivity index (χ0v) is 19.7. The minimum Gasteiger partial charge on any atom is -0.432 e. The van der Waals surface area contributed by atoms with Crippen molar-refractivity contribution in [3.63, 3.8) is 0 Å². The van der Waals surface area contributed by atoms with Gasteiger partial charge >= 0.3 is 0 Å². The first-order chi connectivity index (χ1) is 13.2. The maximum Gasteiger partial charge on any atom is 0.264 e. The number of nitrogens with one attached hydrogen (secondary N) is 1. The number of carbonyl (C=O) groups excluding carboxylic acids is 1. The van der Waals surface area contributed by atoms with Crippen molar-refractivity contribution in [1.29, 1.82) is 0 Å². The van der Waals surface area contributed by atoms with Crippen molar-refractivity contribution < 1.29 is 9.53 Å². The topological polar surface area (TPSA) is 41.6 Å². The number of carbonyl (C=O) groups is 1. The molecule has 6 heteroatoms. The van der Waals surface area contributed by atoms with Gasteiger partial charge in [0, 0.05) is 27.9 Å². The second-order valence-corrected chi connectivity index (χ2v) is 9.14. The molecule has 0 aliphatic heterocycles. The third-order valence-electron chi connectivity index (χ3n) is 3.85. The quantitative estimate of drug-likeness (QED) is 0.377. The zero-order valence-electron chi connectivity index (χ0n) is 16.7. The van der Waals surface area contributed by atoms with Gasteiger partial charge in [-0.2, -0.15) is 0 Å². The van der Waals surface area contributed by atoms with Crippen LogP contribution in [-0.2, 0) is 0 Å². The highest BCUT2D eigenvalue weighted by Crippen LogP contribution is 2.17. The van der Waals surface area contributed by atoms with Crippen LogP contribution in [0.15, 0.2) is 48.5 Å². The Kier molecular flexibility index (Phi) is 8.69. The van der Waals surface area contributed by atoms with Crippen molar-refractivity contribution in [3.05, 3.63) is 57.7 Å². The lowest BCUT2D eigenvalue weighted by Crippen LogP contribution is -2.38. The number of ether oxygens (including phenoxy) is 1. The van der Waals surface area contributed by atoms with Crippen LogP contribution in [0.25, 0.3) is 0 Å². The highest BCUT2D eigenvalue weighted by Gasteiger charge is 2.15. The van der Waals surface area contributed by atoms with E-state index >= 15 is 0 Å². The maximum absolute atomic E-state index is 12.4. The molecule has 0 atom stereocenters. The van der Waals surface area contributed by atoms with Crippen LogP contribution in [0.4, 0.5) is 5.69 Å². The van der Waals surface area contributed by atoms with Crippen LogP contribution in [0.1, 0.15) is 38.1 Å². The molecule has 0 aromatic heterocycles. The molecule has 0 spiro atoms. The lowest BCUT2D eigenvalue weighted by atomic mass is 10.1. The van der Waals surface area contributed by atoms with E-state index in [0.29, 0.717) is 28.3 Å². The van der Waals surface area contributed by atoms with Gasteiger partial charge in [0.25, 0.3) is 11.1 Å². The van der Waals surface area contributed by atoms with Crippen molar-refractivity contribution in [2.45, 2.75) is 27.7 Å². The van der Waals surface area contributed by atoms with Crippen LogP contribution in [0.2, 0.25) is 0 Å². The molecule has 2 aromatic carbocycles. The first kappa shape index (κ1) is 22.6. The standard InChI is InChI=1S/C22H27IN2O2S/c1-15(2)13-25(14-16(3)4)22(28)27-20-11-5-17(6-12-20)21(26)24-19-9-7-18(23)8-10-19/h5-12,15-16H,13-14H2,1-4H3,(H,24,26). The molecule has 0 fully saturated rings. The SMILES string of the molecule is CC(C)CN(CC(C)C)C(=S)Oc1ccc(C(=O)Nc2ccc(I)cc2)cc1. The minimum absolute atomic E-state index is 0.156. The molecule has 0 aliphatic rings. The normalized spacial score (nSPS) is 10.8. The Hall–Kier alpha value is -1.67. The van der Waals surface area contributed by atoms with Crippen molar-refractivity contribution >= 4 is 51.6 Å². The van der Waals surface area contributed by atoms with Crippen LogP contribution >= 0.6 is 34.8 Å². The summed E-state index contributed by atoms with van der Waals surface area (Å²) < 4.78 is 6.99. The first-order valence-electron chi connectivity index (χ1n) is 9.38. The Morgan fingerprint density at radius 3 is 2.04 bits per heavy atom. The van der Waals surface area contributed by atoms with Crippen LogP contribution < -0.4 is 10.1 Å². The van der Waals surface area contributed by atoms with Crippen LogP contribution in [0, 0.1) is 15.4 Å². The van der Waals surface area contributed by atoms with E-state index in [0.717, 1.165) is 22.3 Å². The monoisotopic (exact) mass is 510 g/mol. The van der Waals surface area contributed by atoms with Gasteiger partial charge in [0.05, 0.1) is 0 Å². The second-order valence-electron chi connectivity index (χ2n) is 7.55. The fourth-order valence-corrected chi connectivity index (χ4v) is 3.29. The largest absolute Gasteiger partial charge is 0.432 e. The Balaban J connectivity index is 1.99. The van der Waals surface area contributed by atoms with Crippen LogP contribution in [0.3, 0.4) is 0 Å². The number of halogens is 1. The summed E-state index contributed by atoms with van der Waals surface area (Å²) >= 11 is 7.73. The summed E-state index contributed by atoms with van der Waals surface area (Å²) in [7, 11) is 0. The number of benzene rings is 2. The van der Waals surface area contributed by atoms with Crippen molar-refractivity contribution in [2.75, 3.05) is 18.4 Å². The summed E-state index contributed by atoms with van der Waals surface area (Å²) in [6.07, 6.45) is 0. The molecule has 0 radical (unpaired) electrons. The lowest BCUT2D eigenvalue weighted by molar-refractivity contribution is 0.102. The van der Waals surface area contributed by atoms with Gasteiger partial charge in [0.15, 0.2) is 0 Å². The first-order valence-corrected chi connectivity index (χ1v) is 10.9. The smallest absolute Gasteiger partial charge is 0.264 e. The fourth-order valence-electron chi connectivity index (χ4n) is 2.68. The van der Waals surface area contributed by atoms with Crippen LogP contribution in [0.5, 0.6) is 5.75 Å². The van der Waals surface area contributed by atoms with Crippen molar-refractivity contribution in [3.8, 4) is 5.75 Å². The van der Waals surface area contributed by atoms with Gasteiger partial charge in [0.1, 0.15) is 5.75 Å². The van der Waals surface area contributed by atoms with Gasteiger partial charge in [-0.25, -0.2) is 0 Å². The number of hydrogen-bond acceptors (Lipinski definition) is 3. The van der Waals surface area contributed by atoms with Crippen molar-refractivity contribution in [2.24, 2.45) is 11.8 Å². The number of thiocarbonyl (C=S) groups is 1. The average molecular weight is 510 g/mol. The second kappa shape index (κ2) is 10.8. The molecule has 1 amide bonds. The van der Waals surface area contributed by atoms with E-state index in [2.05, 4.69) is 60.5 Å². The summed E-state index contributed by atoms with van der Waals surface area (Å²) in [5.41, 5.74) is 1.34. The number of hydrogen-bond donors (Lipinski definition) is 1. The number of nitrogens with zero attached hydrogens (tertiary/aromatic N) is 1. The summed E-state index contributed by atoms with van der Waals surface area (Å²) in [5, 5.41) is 3.36. The van der Waals surface area contributed by atoms with E-state index in [1.54, 1.807) is 24.3 Å². The highest BCUT2D eigenvalue weighted by molar-refractivity contribution is 14.1. The Morgan fingerprint density at radius 2 is 1.54 bits per heavy atom. The van der Waals surface area contributed by atoms with Gasteiger partial charge in [-0.3, -0.25) is 4.79 Å². The summed E-state index contributed by atoms with van der Waals surface area (Å²) in [5.74, 6) is 1.46. The van der Waals surface area contributed by atoms with Gasteiger partial charge in [-0.1, -0.05) is 27.7 Å². The molecule has 28 heavy (non-hydrogen) atoms. The maximum atomic E-state index is 12.4. The van der Waals surface area contributed by atoms with E-state index < -0.39 is 0 Å². The highest BCUT2D eigenvalue weighted by atomic mass is 127. The summed E-state index contributed by atoms with van der Waals surface area (Å²) in [6, 6.07) is 14.7. The Morgan fingerprint density at radius 1 is 1.00 bits per heavy atom. The molecule has 0 saturated carbocycles. The molecular formula is C22H27IN2O2S. The summed E-state index contributed by atoms with van der Waals surface area (Å²) in [6.45, 7) is 10.4. The molecule has 4 nitrogen and oxygen atoms in total. The third-order valence-corrected chi connectivity index (χ3v) is 4.91. The van der Waals surface area contributed by atoms with Gasteiger partial charge in [-0.15, -0.1) is 0 Å². The van der Waals surface area contributed by atoms with Gasteiger partial charge in [-0.05, 0) is 95.2 Å². The number of anilines is 1. The summed E-state index contributed by atoms with van der Waals surface area (Å²) in [4.78, 5) is 14.5. The van der Waals surface area contributed by atoms with Gasteiger partial charge < -0.3 is 15.0 Å². The molecule has 0 unspecified atom stereocenters. The number of amides is 1. The predicted octanol–water partition coefficient (Wildman–Crippen LogP) is 5.82. The molecule has 0 aliphatic carbocycles. The molecule has 1 N–H and O–H groups in total. The molecule has 150 valence electrons. The average Bonchev–Trinajstić information content (AvgIpc) is 2.63. The number of rotatable bonds is 7. The van der Waals surface area contributed by atoms with Gasteiger partial charge in [0.2, 0.25) is 0 Å². The Labute approximate surface area is 186 Å². The molecule has 0 bridgehead atoms. The molecule has 0 heterocycles. The Bertz CT molecular complexity index is 779. The molecule has 0 saturated heterocycles. The minimum atomic E-state index is -0.156. The molecular weight excluding hydrogens is 483 g/mol.